The third-order valence-corrected chi connectivity index (χ3v) is 5.46. The van der Waals surface area contributed by atoms with Gasteiger partial charge in [0, 0.05) is 11.3 Å². The molecule has 3 nitrogen and oxygen atoms in total. The molecule has 0 aliphatic rings. The van der Waals surface area contributed by atoms with Gasteiger partial charge in [-0.25, -0.2) is 4.98 Å². The average molecular weight is 386 g/mol. The van der Waals surface area contributed by atoms with Gasteiger partial charge < -0.3 is 9.73 Å². The number of anilines is 2. The molecule has 0 aliphatic heterocycles. The van der Waals surface area contributed by atoms with E-state index in [1.54, 1.807) is 0 Å². The number of para-hydroxylation sites is 1. The second kappa shape index (κ2) is 6.75. The molecular formula is C27H18N2O. The van der Waals surface area contributed by atoms with Crippen LogP contribution in [0, 0.1) is 0 Å². The molecule has 1 N–H and O–H groups in total. The van der Waals surface area contributed by atoms with Gasteiger partial charge in [0.2, 0.25) is 5.89 Å². The molecule has 142 valence electrons. The van der Waals surface area contributed by atoms with E-state index in [1.165, 1.54) is 21.5 Å². The zero-order chi connectivity index (χ0) is 19.9. The third kappa shape index (κ3) is 2.80. The van der Waals surface area contributed by atoms with Crippen molar-refractivity contribution in [1.82, 2.24) is 4.98 Å². The van der Waals surface area contributed by atoms with Gasteiger partial charge >= 0.3 is 0 Å². The molecule has 0 saturated heterocycles. The summed E-state index contributed by atoms with van der Waals surface area (Å²) in [5.41, 5.74) is 4.49. The van der Waals surface area contributed by atoms with Gasteiger partial charge in [0.1, 0.15) is 5.52 Å². The Labute approximate surface area is 173 Å². The third-order valence-electron chi connectivity index (χ3n) is 5.46. The quantitative estimate of drug-likeness (QED) is 0.319. The van der Waals surface area contributed by atoms with Crippen LogP contribution in [0.3, 0.4) is 0 Å². The largest absolute Gasteiger partial charge is 0.434 e. The lowest BCUT2D eigenvalue weighted by Gasteiger charge is -2.09. The van der Waals surface area contributed by atoms with Crippen LogP contribution >= 0.6 is 0 Å². The Kier molecular flexibility index (Phi) is 3.78. The monoisotopic (exact) mass is 386 g/mol. The molecule has 3 heteroatoms. The van der Waals surface area contributed by atoms with Crippen molar-refractivity contribution in [3.8, 4) is 11.5 Å². The number of hydrogen-bond acceptors (Lipinski definition) is 3. The van der Waals surface area contributed by atoms with E-state index in [1.807, 2.05) is 48.5 Å². The topological polar surface area (TPSA) is 38.1 Å². The highest BCUT2D eigenvalue weighted by Gasteiger charge is 2.12. The fourth-order valence-corrected chi connectivity index (χ4v) is 4.00. The van der Waals surface area contributed by atoms with Crippen molar-refractivity contribution in [2.45, 2.75) is 0 Å². The van der Waals surface area contributed by atoms with Crippen LogP contribution in [-0.4, -0.2) is 4.98 Å². The highest BCUT2D eigenvalue weighted by atomic mass is 16.3. The Morgan fingerprint density at radius 3 is 2.37 bits per heavy atom. The molecule has 5 aromatic carbocycles. The van der Waals surface area contributed by atoms with Crippen LogP contribution in [0.4, 0.5) is 11.4 Å². The summed E-state index contributed by atoms with van der Waals surface area (Å²) in [6, 6.07) is 35.3. The van der Waals surface area contributed by atoms with Crippen LogP contribution in [0.25, 0.3) is 44.1 Å². The molecular weight excluding hydrogens is 368 g/mol. The molecule has 0 atom stereocenters. The molecule has 6 rings (SSSR count). The summed E-state index contributed by atoms with van der Waals surface area (Å²) in [5.74, 6) is 0.629. The van der Waals surface area contributed by atoms with E-state index in [9.17, 15) is 0 Å². The number of aromatic nitrogens is 1. The van der Waals surface area contributed by atoms with Crippen molar-refractivity contribution < 1.29 is 4.42 Å². The van der Waals surface area contributed by atoms with Gasteiger partial charge in [-0.2, -0.15) is 0 Å². The van der Waals surface area contributed by atoms with Crippen molar-refractivity contribution >= 4 is 44.0 Å². The molecule has 0 aliphatic carbocycles. The predicted molar refractivity (Wildman–Crippen MR) is 124 cm³/mol. The lowest BCUT2D eigenvalue weighted by Crippen LogP contribution is -1.91. The van der Waals surface area contributed by atoms with Crippen LogP contribution in [-0.2, 0) is 0 Å². The van der Waals surface area contributed by atoms with Crippen molar-refractivity contribution in [2.75, 3.05) is 5.32 Å². The van der Waals surface area contributed by atoms with E-state index in [0.717, 1.165) is 28.0 Å². The zero-order valence-electron chi connectivity index (χ0n) is 16.2. The predicted octanol–water partition coefficient (Wildman–Crippen LogP) is 7.54. The normalized spacial score (nSPS) is 11.3. The molecule has 1 aromatic heterocycles. The van der Waals surface area contributed by atoms with Gasteiger partial charge in [0.15, 0.2) is 5.58 Å². The van der Waals surface area contributed by atoms with Crippen LogP contribution in [0.1, 0.15) is 0 Å². The highest BCUT2D eigenvalue weighted by Crippen LogP contribution is 2.33. The van der Waals surface area contributed by atoms with E-state index in [0.29, 0.717) is 5.89 Å². The number of fused-ring (bicyclic) bond motifs is 4. The molecule has 0 fully saturated rings. The van der Waals surface area contributed by atoms with Crippen molar-refractivity contribution in [3.63, 3.8) is 0 Å². The summed E-state index contributed by atoms with van der Waals surface area (Å²) in [6.45, 7) is 0. The maximum Gasteiger partial charge on any atom is 0.227 e. The smallest absolute Gasteiger partial charge is 0.227 e. The van der Waals surface area contributed by atoms with Crippen molar-refractivity contribution in [1.29, 1.82) is 0 Å². The van der Waals surface area contributed by atoms with Crippen molar-refractivity contribution in [3.05, 3.63) is 103 Å². The Bertz CT molecular complexity index is 1520. The SMILES string of the molecule is c1ccc(-c2nc3cccc(Nc4ccc5c(ccc6ccccc65)c4)c3o2)cc1. The molecule has 0 radical (unpaired) electrons. The van der Waals surface area contributed by atoms with Gasteiger partial charge in [-0.15, -0.1) is 0 Å². The number of hydrogen-bond donors (Lipinski definition) is 1. The van der Waals surface area contributed by atoms with Gasteiger partial charge in [-0.1, -0.05) is 66.7 Å². The first-order valence-electron chi connectivity index (χ1n) is 9.99. The number of benzene rings is 5. The van der Waals surface area contributed by atoms with Gasteiger partial charge in [-0.3, -0.25) is 0 Å². The summed E-state index contributed by atoms with van der Waals surface area (Å²) < 4.78 is 6.13. The Morgan fingerprint density at radius 1 is 0.633 bits per heavy atom. The summed E-state index contributed by atoms with van der Waals surface area (Å²) in [7, 11) is 0. The van der Waals surface area contributed by atoms with E-state index in [2.05, 4.69) is 64.9 Å². The molecule has 0 saturated carbocycles. The maximum atomic E-state index is 6.13. The van der Waals surface area contributed by atoms with E-state index in [4.69, 9.17) is 4.42 Å². The molecule has 0 unspecified atom stereocenters. The van der Waals surface area contributed by atoms with Gasteiger partial charge in [0.25, 0.3) is 0 Å². The first-order valence-corrected chi connectivity index (χ1v) is 9.99. The molecule has 1 heterocycles. The number of rotatable bonds is 3. The lowest BCUT2D eigenvalue weighted by molar-refractivity contribution is 0.621. The lowest BCUT2D eigenvalue weighted by atomic mass is 10.0. The molecule has 6 aromatic rings. The molecule has 0 bridgehead atoms. The van der Waals surface area contributed by atoms with Crippen LogP contribution in [0.2, 0.25) is 0 Å². The van der Waals surface area contributed by atoms with E-state index in [-0.39, 0.29) is 0 Å². The van der Waals surface area contributed by atoms with E-state index < -0.39 is 0 Å². The first-order chi connectivity index (χ1) is 14.8. The number of nitrogens with zero attached hydrogens (tertiary/aromatic N) is 1. The first kappa shape index (κ1) is 16.8. The second-order valence-electron chi connectivity index (χ2n) is 7.39. The number of nitrogens with one attached hydrogen (secondary N) is 1. The van der Waals surface area contributed by atoms with Crippen LogP contribution in [0.5, 0.6) is 0 Å². The molecule has 0 spiro atoms. The fourth-order valence-electron chi connectivity index (χ4n) is 4.00. The summed E-state index contributed by atoms with van der Waals surface area (Å²) in [6.07, 6.45) is 0. The number of oxazole rings is 1. The zero-order valence-corrected chi connectivity index (χ0v) is 16.2. The minimum absolute atomic E-state index is 0.629. The minimum Gasteiger partial charge on any atom is -0.434 e. The average Bonchev–Trinajstić information content (AvgIpc) is 3.25. The minimum atomic E-state index is 0.629. The highest BCUT2D eigenvalue weighted by molar-refractivity contribution is 6.08. The summed E-state index contributed by atoms with van der Waals surface area (Å²) >= 11 is 0. The van der Waals surface area contributed by atoms with Gasteiger partial charge in [0.05, 0.1) is 5.69 Å². The summed E-state index contributed by atoms with van der Waals surface area (Å²) in [4.78, 5) is 4.66. The summed E-state index contributed by atoms with van der Waals surface area (Å²) in [5, 5.41) is 8.50. The van der Waals surface area contributed by atoms with Gasteiger partial charge in [-0.05, 0) is 57.9 Å². The van der Waals surface area contributed by atoms with Crippen molar-refractivity contribution in [2.24, 2.45) is 0 Å². The standard InChI is InChI=1S/C27H18N2O/c1-2-8-19(9-3-1)27-29-25-12-6-11-24(26(25)30-27)28-21-15-16-23-20(17-21)14-13-18-7-4-5-10-22(18)23/h1-17,28H. The Hall–Kier alpha value is -4.11. The maximum absolute atomic E-state index is 6.13. The second-order valence-corrected chi connectivity index (χ2v) is 7.39. The van der Waals surface area contributed by atoms with Crippen LogP contribution in [0.15, 0.2) is 108 Å². The van der Waals surface area contributed by atoms with E-state index >= 15 is 0 Å². The Balaban J connectivity index is 1.42. The molecule has 30 heavy (non-hydrogen) atoms. The Morgan fingerprint density at radius 2 is 1.43 bits per heavy atom. The molecule has 0 amide bonds. The fraction of sp³-hybridized carbons (Fsp3) is 0. The van der Waals surface area contributed by atoms with Crippen LogP contribution < -0.4 is 5.32 Å².